The van der Waals surface area contributed by atoms with Crippen molar-refractivity contribution in [3.8, 4) is 0 Å². The predicted octanol–water partition coefficient (Wildman–Crippen LogP) is 1.98. The summed E-state index contributed by atoms with van der Waals surface area (Å²) in [6, 6.07) is 8.89. The van der Waals surface area contributed by atoms with Gasteiger partial charge in [0, 0.05) is 29.4 Å². The zero-order valence-corrected chi connectivity index (χ0v) is 10.2. The Balaban J connectivity index is 2.22. The first-order valence-corrected chi connectivity index (χ1v) is 5.66. The van der Waals surface area contributed by atoms with E-state index < -0.39 is 0 Å². The van der Waals surface area contributed by atoms with E-state index in [1.807, 2.05) is 13.0 Å². The fraction of sp³-hybridized carbons (Fsp3) is 0.143. The van der Waals surface area contributed by atoms with Crippen molar-refractivity contribution in [1.82, 2.24) is 4.98 Å². The number of anilines is 2. The summed E-state index contributed by atoms with van der Waals surface area (Å²) in [4.78, 5) is 16.0. The number of pyridine rings is 1. The van der Waals surface area contributed by atoms with Crippen LogP contribution in [0, 0.1) is 6.92 Å². The lowest BCUT2D eigenvalue weighted by atomic mass is 10.0. The van der Waals surface area contributed by atoms with Crippen LogP contribution in [0.15, 0.2) is 36.5 Å². The maximum Gasteiger partial charge on any atom is 0.167 e. The van der Waals surface area contributed by atoms with Gasteiger partial charge < -0.3 is 11.5 Å². The Labute approximate surface area is 106 Å². The number of carbonyl (C=O) groups is 1. The van der Waals surface area contributed by atoms with E-state index in [1.54, 1.807) is 30.5 Å². The first-order valence-electron chi connectivity index (χ1n) is 5.66. The van der Waals surface area contributed by atoms with Crippen molar-refractivity contribution in [1.29, 1.82) is 0 Å². The summed E-state index contributed by atoms with van der Waals surface area (Å²) in [5, 5.41) is 0. The molecule has 0 unspecified atom stereocenters. The summed E-state index contributed by atoms with van der Waals surface area (Å²) in [5.41, 5.74) is 14.4. The van der Waals surface area contributed by atoms with Gasteiger partial charge in [0.05, 0.1) is 0 Å². The Kier molecular flexibility index (Phi) is 3.28. The number of aryl methyl sites for hydroxylation is 1. The molecule has 0 atom stereocenters. The number of nitrogen functional groups attached to an aromatic ring is 2. The lowest BCUT2D eigenvalue weighted by Gasteiger charge is -2.06. The van der Waals surface area contributed by atoms with Gasteiger partial charge in [-0.05, 0) is 24.6 Å². The van der Waals surface area contributed by atoms with E-state index in [2.05, 4.69) is 4.98 Å². The Bertz CT molecular complexity index is 593. The zero-order chi connectivity index (χ0) is 13.1. The molecular formula is C14H15N3O. The summed E-state index contributed by atoms with van der Waals surface area (Å²) < 4.78 is 0. The molecule has 0 aliphatic carbocycles. The second-order valence-corrected chi connectivity index (χ2v) is 4.22. The van der Waals surface area contributed by atoms with Crippen LogP contribution in [0.25, 0.3) is 0 Å². The molecule has 2 aromatic rings. The molecule has 0 amide bonds. The van der Waals surface area contributed by atoms with Crippen LogP contribution in [0.5, 0.6) is 0 Å². The van der Waals surface area contributed by atoms with Crippen LogP contribution < -0.4 is 11.5 Å². The van der Waals surface area contributed by atoms with Gasteiger partial charge in [0.1, 0.15) is 5.82 Å². The minimum atomic E-state index is -0.0126. The number of Topliss-reactive ketones (excluding diaryl/α,β-unsaturated/α-hetero) is 1. The van der Waals surface area contributed by atoms with Crippen LogP contribution in [0.3, 0.4) is 0 Å². The van der Waals surface area contributed by atoms with Gasteiger partial charge in [-0.1, -0.05) is 18.2 Å². The van der Waals surface area contributed by atoms with Gasteiger partial charge in [0.25, 0.3) is 0 Å². The molecule has 2 rings (SSSR count). The van der Waals surface area contributed by atoms with Crippen LogP contribution in [0.1, 0.15) is 21.5 Å². The molecule has 1 heterocycles. The molecule has 0 bridgehead atoms. The largest absolute Gasteiger partial charge is 0.398 e. The molecule has 18 heavy (non-hydrogen) atoms. The molecular weight excluding hydrogens is 226 g/mol. The van der Waals surface area contributed by atoms with Crippen molar-refractivity contribution in [3.63, 3.8) is 0 Å². The van der Waals surface area contributed by atoms with E-state index in [0.29, 0.717) is 17.1 Å². The molecule has 4 heteroatoms. The number of benzene rings is 1. The van der Waals surface area contributed by atoms with Gasteiger partial charge in [-0.15, -0.1) is 0 Å². The van der Waals surface area contributed by atoms with E-state index in [1.165, 1.54) is 0 Å². The minimum Gasteiger partial charge on any atom is -0.398 e. The third kappa shape index (κ3) is 2.48. The van der Waals surface area contributed by atoms with Crippen molar-refractivity contribution in [3.05, 3.63) is 53.2 Å². The summed E-state index contributed by atoms with van der Waals surface area (Å²) in [6.07, 6.45) is 1.84. The number of aromatic nitrogens is 1. The van der Waals surface area contributed by atoms with Gasteiger partial charge in [-0.2, -0.15) is 0 Å². The number of rotatable bonds is 3. The van der Waals surface area contributed by atoms with E-state index >= 15 is 0 Å². The molecule has 4 nitrogen and oxygen atoms in total. The molecule has 0 saturated carbocycles. The van der Waals surface area contributed by atoms with Crippen LogP contribution >= 0.6 is 0 Å². The predicted molar refractivity (Wildman–Crippen MR) is 72.3 cm³/mol. The topological polar surface area (TPSA) is 82.0 Å². The van der Waals surface area contributed by atoms with Crippen molar-refractivity contribution >= 4 is 17.3 Å². The van der Waals surface area contributed by atoms with Crippen molar-refractivity contribution < 1.29 is 4.79 Å². The SMILES string of the molecule is Cc1ccc(C(=O)Cc2cccnc2N)cc1N. The average molecular weight is 241 g/mol. The molecule has 0 fully saturated rings. The molecule has 4 N–H and O–H groups in total. The quantitative estimate of drug-likeness (QED) is 0.636. The standard InChI is InChI=1S/C14H15N3O/c1-9-4-5-10(7-12(9)15)13(18)8-11-3-2-6-17-14(11)16/h2-7H,8,15H2,1H3,(H2,16,17). The molecule has 0 aliphatic rings. The third-order valence-electron chi connectivity index (χ3n) is 2.88. The Morgan fingerprint density at radius 2 is 2.06 bits per heavy atom. The molecule has 0 saturated heterocycles. The van der Waals surface area contributed by atoms with Gasteiger partial charge in [-0.3, -0.25) is 4.79 Å². The number of ketones is 1. The van der Waals surface area contributed by atoms with Crippen molar-refractivity contribution in [2.75, 3.05) is 11.5 Å². The van der Waals surface area contributed by atoms with E-state index in [0.717, 1.165) is 11.1 Å². The number of hydrogen-bond acceptors (Lipinski definition) is 4. The molecule has 0 spiro atoms. The van der Waals surface area contributed by atoms with Crippen LogP contribution in [-0.2, 0) is 6.42 Å². The lowest BCUT2D eigenvalue weighted by Crippen LogP contribution is -2.07. The van der Waals surface area contributed by atoms with Gasteiger partial charge >= 0.3 is 0 Å². The monoisotopic (exact) mass is 241 g/mol. The number of hydrogen-bond donors (Lipinski definition) is 2. The Hall–Kier alpha value is -2.36. The fourth-order valence-corrected chi connectivity index (χ4v) is 1.69. The van der Waals surface area contributed by atoms with E-state index in [9.17, 15) is 4.79 Å². The maximum atomic E-state index is 12.1. The molecule has 0 radical (unpaired) electrons. The number of carbonyl (C=O) groups excluding carboxylic acids is 1. The highest BCUT2D eigenvalue weighted by molar-refractivity contribution is 5.98. The first-order chi connectivity index (χ1) is 8.58. The molecule has 1 aromatic carbocycles. The van der Waals surface area contributed by atoms with Crippen LogP contribution in [0.4, 0.5) is 11.5 Å². The molecule has 0 aliphatic heterocycles. The normalized spacial score (nSPS) is 10.3. The third-order valence-corrected chi connectivity index (χ3v) is 2.88. The first kappa shape index (κ1) is 12.1. The smallest absolute Gasteiger partial charge is 0.167 e. The van der Waals surface area contributed by atoms with Gasteiger partial charge in [0.15, 0.2) is 5.78 Å². The summed E-state index contributed by atoms with van der Waals surface area (Å²) >= 11 is 0. The maximum absolute atomic E-state index is 12.1. The summed E-state index contributed by atoms with van der Waals surface area (Å²) in [7, 11) is 0. The minimum absolute atomic E-state index is 0.0126. The van der Waals surface area contributed by atoms with Gasteiger partial charge in [-0.25, -0.2) is 4.98 Å². The number of nitrogens with two attached hydrogens (primary N) is 2. The van der Waals surface area contributed by atoms with Gasteiger partial charge in [0.2, 0.25) is 0 Å². The fourth-order valence-electron chi connectivity index (χ4n) is 1.69. The number of nitrogens with zero attached hydrogens (tertiary/aromatic N) is 1. The summed E-state index contributed by atoms with van der Waals surface area (Å²) in [5.74, 6) is 0.382. The summed E-state index contributed by atoms with van der Waals surface area (Å²) in [6.45, 7) is 1.91. The van der Waals surface area contributed by atoms with Crippen molar-refractivity contribution in [2.24, 2.45) is 0 Å². The van der Waals surface area contributed by atoms with Crippen LogP contribution in [-0.4, -0.2) is 10.8 Å². The molecule has 92 valence electrons. The average Bonchev–Trinajstić information content (AvgIpc) is 2.35. The zero-order valence-electron chi connectivity index (χ0n) is 10.2. The second kappa shape index (κ2) is 4.87. The Morgan fingerprint density at radius 3 is 2.72 bits per heavy atom. The highest BCUT2D eigenvalue weighted by Crippen LogP contribution is 2.16. The van der Waals surface area contributed by atoms with Crippen molar-refractivity contribution in [2.45, 2.75) is 13.3 Å². The second-order valence-electron chi connectivity index (χ2n) is 4.22. The lowest BCUT2D eigenvalue weighted by molar-refractivity contribution is 0.0993. The van der Waals surface area contributed by atoms with Crippen LogP contribution in [0.2, 0.25) is 0 Å². The van der Waals surface area contributed by atoms with E-state index in [4.69, 9.17) is 11.5 Å². The van der Waals surface area contributed by atoms with E-state index in [-0.39, 0.29) is 12.2 Å². The highest BCUT2D eigenvalue weighted by Gasteiger charge is 2.10. The highest BCUT2D eigenvalue weighted by atomic mass is 16.1. The molecule has 1 aromatic heterocycles. The Morgan fingerprint density at radius 1 is 1.28 bits per heavy atom.